The smallest absolute Gasteiger partial charge is 0.257 e. The van der Waals surface area contributed by atoms with Gasteiger partial charge < -0.3 is 20.5 Å². The average Bonchev–Trinajstić information content (AvgIpc) is 3.18. The van der Waals surface area contributed by atoms with E-state index in [1.54, 1.807) is 30.2 Å². The van der Waals surface area contributed by atoms with Crippen LogP contribution in [-0.4, -0.2) is 56.6 Å². The molecule has 9 nitrogen and oxygen atoms in total. The molecule has 0 unspecified atom stereocenters. The molecule has 2 aromatic heterocycles. The molecule has 1 saturated carbocycles. The zero-order valence-electron chi connectivity index (χ0n) is 16.2. The molecule has 1 aliphatic rings. The molecule has 4 rings (SSSR count). The molecule has 0 bridgehead atoms. The summed E-state index contributed by atoms with van der Waals surface area (Å²) in [6.07, 6.45) is 6.57. The maximum atomic E-state index is 11.5. The molecule has 3 aromatic rings. The van der Waals surface area contributed by atoms with Crippen LogP contribution < -0.4 is 15.4 Å². The minimum absolute atomic E-state index is 0.0571. The van der Waals surface area contributed by atoms with Crippen molar-refractivity contribution in [2.24, 2.45) is 0 Å². The number of hydrogen-bond donors (Lipinski definition) is 3. The first-order valence-electron chi connectivity index (χ1n) is 9.72. The summed E-state index contributed by atoms with van der Waals surface area (Å²) in [6.45, 7) is -0.0571. The van der Waals surface area contributed by atoms with Crippen molar-refractivity contribution in [3.63, 3.8) is 0 Å². The van der Waals surface area contributed by atoms with Crippen LogP contribution in [0.15, 0.2) is 36.7 Å². The van der Waals surface area contributed by atoms with Crippen molar-refractivity contribution in [1.29, 1.82) is 0 Å². The summed E-state index contributed by atoms with van der Waals surface area (Å²) in [5.74, 6) is 1.57. The van der Waals surface area contributed by atoms with Gasteiger partial charge in [-0.05, 0) is 37.8 Å². The summed E-state index contributed by atoms with van der Waals surface area (Å²) >= 11 is 0. The van der Waals surface area contributed by atoms with Crippen LogP contribution in [0.25, 0.3) is 16.7 Å². The first-order valence-corrected chi connectivity index (χ1v) is 9.72. The zero-order valence-corrected chi connectivity index (χ0v) is 16.2. The number of anilines is 1. The second kappa shape index (κ2) is 8.44. The highest BCUT2D eigenvalue weighted by molar-refractivity contribution is 5.87. The lowest BCUT2D eigenvalue weighted by Crippen LogP contribution is -2.29. The van der Waals surface area contributed by atoms with Gasteiger partial charge in [0.1, 0.15) is 5.75 Å². The van der Waals surface area contributed by atoms with E-state index in [-0.39, 0.29) is 24.7 Å². The van der Waals surface area contributed by atoms with Crippen LogP contribution >= 0.6 is 0 Å². The van der Waals surface area contributed by atoms with Crippen LogP contribution in [0.5, 0.6) is 5.75 Å². The van der Waals surface area contributed by atoms with Crippen LogP contribution in [0, 0.1) is 0 Å². The number of fused-ring (bicyclic) bond motifs is 1. The van der Waals surface area contributed by atoms with Crippen LogP contribution in [-0.2, 0) is 4.79 Å². The van der Waals surface area contributed by atoms with Gasteiger partial charge in [0, 0.05) is 25.4 Å². The lowest BCUT2D eigenvalue weighted by Gasteiger charge is -2.26. The van der Waals surface area contributed by atoms with Crippen molar-refractivity contribution in [1.82, 2.24) is 25.1 Å². The van der Waals surface area contributed by atoms with Gasteiger partial charge in [-0.3, -0.25) is 4.79 Å². The van der Waals surface area contributed by atoms with Gasteiger partial charge in [0.05, 0.1) is 23.2 Å². The van der Waals surface area contributed by atoms with Crippen molar-refractivity contribution in [3.8, 4) is 11.6 Å². The second-order valence-electron chi connectivity index (χ2n) is 7.10. The number of nitrogens with zero attached hydrogens (tertiary/aromatic N) is 4. The van der Waals surface area contributed by atoms with Gasteiger partial charge in [0.25, 0.3) is 5.91 Å². The second-order valence-corrected chi connectivity index (χ2v) is 7.10. The van der Waals surface area contributed by atoms with Crippen LogP contribution in [0.4, 0.5) is 5.95 Å². The monoisotopic (exact) mass is 396 g/mol. The highest BCUT2D eigenvalue weighted by atomic mass is 16.5. The predicted molar refractivity (Wildman–Crippen MR) is 108 cm³/mol. The Labute approximate surface area is 168 Å². The van der Waals surface area contributed by atoms with Crippen molar-refractivity contribution < 1.29 is 14.6 Å². The van der Waals surface area contributed by atoms with Crippen molar-refractivity contribution in [2.75, 3.05) is 19.0 Å². The summed E-state index contributed by atoms with van der Waals surface area (Å²) in [5, 5.41) is 20.8. The van der Waals surface area contributed by atoms with Gasteiger partial charge >= 0.3 is 0 Å². The molecule has 152 valence electrons. The summed E-state index contributed by atoms with van der Waals surface area (Å²) in [5.41, 5.74) is 0.824. The molecule has 0 aliphatic heterocycles. The quantitative estimate of drug-likeness (QED) is 0.580. The summed E-state index contributed by atoms with van der Waals surface area (Å²) in [4.78, 5) is 20.4. The predicted octanol–water partition coefficient (Wildman–Crippen LogP) is 1.66. The third-order valence-corrected chi connectivity index (χ3v) is 5.10. The Bertz CT molecular complexity index is 997. The standard InChI is InChI=1S/C20H24N6O3/c1-21-19(28)12-29-17-4-2-3-16-15(17)11-23-26(16)18-9-10-22-20(25-18)24-13-5-7-14(27)8-6-13/h2-4,9-11,13-14,27H,5-8,12H2,1H3,(H,21,28)(H,22,24,25)/t13-,14-. The fourth-order valence-electron chi connectivity index (χ4n) is 3.49. The van der Waals surface area contributed by atoms with Crippen LogP contribution in [0.2, 0.25) is 0 Å². The van der Waals surface area contributed by atoms with Gasteiger partial charge in [-0.25, -0.2) is 9.67 Å². The highest BCUT2D eigenvalue weighted by Gasteiger charge is 2.20. The van der Waals surface area contributed by atoms with E-state index in [9.17, 15) is 9.90 Å². The molecule has 3 N–H and O–H groups in total. The molecule has 0 atom stereocenters. The molecule has 2 heterocycles. The number of aliphatic hydroxyl groups is 1. The Kier molecular flexibility index (Phi) is 5.57. The van der Waals surface area contributed by atoms with Crippen molar-refractivity contribution in [3.05, 3.63) is 36.7 Å². The molecule has 0 saturated heterocycles. The molecule has 9 heteroatoms. The van der Waals surface area contributed by atoms with E-state index in [0.29, 0.717) is 17.5 Å². The molecule has 0 radical (unpaired) electrons. The first kappa shape index (κ1) is 19.1. The lowest BCUT2D eigenvalue weighted by molar-refractivity contribution is -0.122. The zero-order chi connectivity index (χ0) is 20.2. The number of hydrogen-bond acceptors (Lipinski definition) is 7. The third-order valence-electron chi connectivity index (χ3n) is 5.10. The normalized spacial score (nSPS) is 19.1. The number of nitrogens with one attached hydrogen (secondary N) is 2. The van der Waals surface area contributed by atoms with E-state index >= 15 is 0 Å². The van der Waals surface area contributed by atoms with E-state index in [2.05, 4.69) is 25.7 Å². The lowest BCUT2D eigenvalue weighted by atomic mass is 9.93. The van der Waals surface area contributed by atoms with Gasteiger partial charge in [-0.2, -0.15) is 10.1 Å². The molecular formula is C20H24N6O3. The number of aromatic nitrogens is 4. The molecule has 1 fully saturated rings. The van der Waals surface area contributed by atoms with Gasteiger partial charge in [-0.15, -0.1) is 0 Å². The average molecular weight is 396 g/mol. The SMILES string of the molecule is CNC(=O)COc1cccc2c1cnn2-c1ccnc(N[C@H]2CC[C@H](O)CC2)n1. The molecule has 0 spiro atoms. The molecule has 1 aliphatic carbocycles. The van der Waals surface area contributed by atoms with E-state index in [4.69, 9.17) is 4.74 Å². The fraction of sp³-hybridized carbons (Fsp3) is 0.400. The molecule has 1 amide bonds. The summed E-state index contributed by atoms with van der Waals surface area (Å²) < 4.78 is 7.34. The van der Waals surface area contributed by atoms with E-state index in [1.807, 2.05) is 18.2 Å². The number of carbonyl (C=O) groups excluding carboxylic acids is 1. The Morgan fingerprint density at radius 2 is 2.10 bits per heavy atom. The molecular weight excluding hydrogens is 372 g/mol. The van der Waals surface area contributed by atoms with Gasteiger partial charge in [0.2, 0.25) is 5.95 Å². The first-order chi connectivity index (χ1) is 14.1. The Balaban J connectivity index is 1.56. The Morgan fingerprint density at radius 1 is 1.28 bits per heavy atom. The topological polar surface area (TPSA) is 114 Å². The summed E-state index contributed by atoms with van der Waals surface area (Å²) in [7, 11) is 1.57. The third kappa shape index (κ3) is 4.29. The summed E-state index contributed by atoms with van der Waals surface area (Å²) in [6, 6.07) is 7.63. The minimum atomic E-state index is -0.199. The van der Waals surface area contributed by atoms with E-state index in [1.165, 1.54) is 0 Å². The van der Waals surface area contributed by atoms with Crippen LogP contribution in [0.1, 0.15) is 25.7 Å². The highest BCUT2D eigenvalue weighted by Crippen LogP contribution is 2.27. The fourth-order valence-corrected chi connectivity index (χ4v) is 3.49. The molecule has 29 heavy (non-hydrogen) atoms. The number of ether oxygens (including phenoxy) is 1. The maximum absolute atomic E-state index is 11.5. The number of rotatable bonds is 6. The van der Waals surface area contributed by atoms with E-state index < -0.39 is 0 Å². The molecule has 1 aromatic carbocycles. The number of likely N-dealkylation sites (N-methyl/N-ethyl adjacent to an activating group) is 1. The van der Waals surface area contributed by atoms with Crippen molar-refractivity contribution in [2.45, 2.75) is 37.8 Å². The van der Waals surface area contributed by atoms with E-state index in [0.717, 1.165) is 36.6 Å². The number of aliphatic hydroxyl groups excluding tert-OH is 1. The number of benzene rings is 1. The Hall–Kier alpha value is -3.20. The number of carbonyl (C=O) groups is 1. The minimum Gasteiger partial charge on any atom is -0.483 e. The number of amides is 1. The van der Waals surface area contributed by atoms with Gasteiger partial charge in [0.15, 0.2) is 12.4 Å². The van der Waals surface area contributed by atoms with Crippen LogP contribution in [0.3, 0.4) is 0 Å². The Morgan fingerprint density at radius 3 is 2.90 bits per heavy atom. The van der Waals surface area contributed by atoms with Crippen molar-refractivity contribution >= 4 is 22.8 Å². The largest absolute Gasteiger partial charge is 0.483 e. The maximum Gasteiger partial charge on any atom is 0.257 e. The van der Waals surface area contributed by atoms with Gasteiger partial charge in [-0.1, -0.05) is 6.07 Å².